The Bertz CT molecular complexity index is 352. The third-order valence-corrected chi connectivity index (χ3v) is 3.85. The van der Waals surface area contributed by atoms with E-state index in [9.17, 15) is 0 Å². The van der Waals surface area contributed by atoms with Crippen LogP contribution in [0.2, 0.25) is 0 Å². The van der Waals surface area contributed by atoms with E-state index in [1.807, 2.05) is 0 Å². The molecule has 2 nitrogen and oxygen atoms in total. The Morgan fingerprint density at radius 3 is 2.39 bits per heavy atom. The maximum absolute atomic E-state index is 3.48. The van der Waals surface area contributed by atoms with Gasteiger partial charge in [0.15, 0.2) is 0 Å². The van der Waals surface area contributed by atoms with Crippen molar-refractivity contribution < 1.29 is 0 Å². The minimum absolute atomic E-state index is 0.717. The summed E-state index contributed by atoms with van der Waals surface area (Å²) in [7, 11) is 2.22. The smallest absolute Gasteiger partial charge is 0.0366 e. The molecule has 1 aliphatic rings. The first-order valence-corrected chi connectivity index (χ1v) is 7.19. The molecule has 0 aromatic heterocycles. The van der Waals surface area contributed by atoms with Crippen molar-refractivity contribution in [3.8, 4) is 0 Å². The molecular formula is C16H26N2. The summed E-state index contributed by atoms with van der Waals surface area (Å²) in [6.07, 6.45) is 4.11. The minimum atomic E-state index is 0.717. The van der Waals surface area contributed by atoms with Crippen LogP contribution in [-0.4, -0.2) is 19.6 Å². The van der Waals surface area contributed by atoms with E-state index in [1.54, 1.807) is 0 Å². The number of rotatable bonds is 6. The fraction of sp³-hybridized carbons (Fsp3) is 0.625. The van der Waals surface area contributed by atoms with E-state index >= 15 is 0 Å². The van der Waals surface area contributed by atoms with Gasteiger partial charge in [-0.1, -0.05) is 26.0 Å². The van der Waals surface area contributed by atoms with Gasteiger partial charge in [0.25, 0.3) is 0 Å². The Balaban J connectivity index is 1.84. The number of anilines is 1. The van der Waals surface area contributed by atoms with Crippen molar-refractivity contribution in [1.29, 1.82) is 0 Å². The summed E-state index contributed by atoms with van der Waals surface area (Å²) in [5.41, 5.74) is 2.73. The normalized spacial score (nSPS) is 15.8. The second-order valence-electron chi connectivity index (χ2n) is 5.89. The lowest BCUT2D eigenvalue weighted by molar-refractivity contribution is 0.401. The quantitative estimate of drug-likeness (QED) is 0.827. The molecule has 1 aliphatic carbocycles. The molecule has 0 radical (unpaired) electrons. The van der Waals surface area contributed by atoms with Crippen LogP contribution < -0.4 is 10.2 Å². The van der Waals surface area contributed by atoms with Crippen molar-refractivity contribution >= 4 is 5.69 Å². The largest absolute Gasteiger partial charge is 0.372 e. The molecule has 0 bridgehead atoms. The van der Waals surface area contributed by atoms with Crippen molar-refractivity contribution in [2.75, 3.05) is 18.5 Å². The first kappa shape index (κ1) is 13.4. The van der Waals surface area contributed by atoms with Crippen molar-refractivity contribution in [2.45, 2.75) is 45.7 Å². The Hall–Kier alpha value is -1.02. The third kappa shape index (κ3) is 3.49. The molecule has 18 heavy (non-hydrogen) atoms. The molecule has 2 rings (SSSR count). The standard InChI is InChI=1S/C16H26N2/c1-13(2)11-17-12-14-7-9-16(10-8-14)18(3)15-5-4-6-15/h7-10,13,15,17H,4-6,11-12H2,1-3H3. The average molecular weight is 246 g/mol. The zero-order chi connectivity index (χ0) is 13.0. The topological polar surface area (TPSA) is 15.3 Å². The van der Waals surface area contributed by atoms with Crippen molar-refractivity contribution in [3.05, 3.63) is 29.8 Å². The van der Waals surface area contributed by atoms with Crippen LogP contribution in [0.5, 0.6) is 0 Å². The van der Waals surface area contributed by atoms with Gasteiger partial charge >= 0.3 is 0 Å². The molecule has 0 spiro atoms. The van der Waals surface area contributed by atoms with E-state index in [4.69, 9.17) is 0 Å². The van der Waals surface area contributed by atoms with E-state index in [-0.39, 0.29) is 0 Å². The van der Waals surface area contributed by atoms with Crippen molar-refractivity contribution in [2.24, 2.45) is 5.92 Å². The highest BCUT2D eigenvalue weighted by Gasteiger charge is 2.21. The zero-order valence-corrected chi connectivity index (χ0v) is 11.9. The molecule has 2 heteroatoms. The van der Waals surface area contributed by atoms with Crippen LogP contribution in [-0.2, 0) is 6.54 Å². The number of hydrogen-bond donors (Lipinski definition) is 1. The van der Waals surface area contributed by atoms with Crippen LogP contribution in [0, 0.1) is 5.92 Å². The van der Waals surface area contributed by atoms with Crippen LogP contribution in [0.4, 0.5) is 5.69 Å². The molecule has 1 aromatic rings. The Labute approximate surface area is 111 Å². The molecule has 1 N–H and O–H groups in total. The second-order valence-corrected chi connectivity index (χ2v) is 5.89. The van der Waals surface area contributed by atoms with Gasteiger partial charge in [-0.15, -0.1) is 0 Å². The monoisotopic (exact) mass is 246 g/mol. The average Bonchev–Trinajstić information content (AvgIpc) is 2.27. The SMILES string of the molecule is CC(C)CNCc1ccc(N(C)C2CCC2)cc1. The molecule has 1 saturated carbocycles. The predicted octanol–water partition coefficient (Wildman–Crippen LogP) is 3.42. The molecule has 1 fully saturated rings. The minimum Gasteiger partial charge on any atom is -0.372 e. The highest BCUT2D eigenvalue weighted by atomic mass is 15.1. The predicted molar refractivity (Wildman–Crippen MR) is 79.0 cm³/mol. The highest BCUT2D eigenvalue weighted by Crippen LogP contribution is 2.28. The van der Waals surface area contributed by atoms with Gasteiger partial charge in [0.1, 0.15) is 0 Å². The summed E-state index contributed by atoms with van der Waals surface area (Å²) in [5.74, 6) is 0.717. The van der Waals surface area contributed by atoms with Gasteiger partial charge in [0.2, 0.25) is 0 Å². The Morgan fingerprint density at radius 1 is 1.22 bits per heavy atom. The lowest BCUT2D eigenvalue weighted by Crippen LogP contribution is -2.37. The Kier molecular flexibility index (Phi) is 4.65. The van der Waals surface area contributed by atoms with Crippen molar-refractivity contribution in [3.63, 3.8) is 0 Å². The van der Waals surface area contributed by atoms with E-state index < -0.39 is 0 Å². The molecular weight excluding hydrogens is 220 g/mol. The molecule has 1 aromatic carbocycles. The van der Waals surface area contributed by atoms with Crippen LogP contribution in [0.25, 0.3) is 0 Å². The van der Waals surface area contributed by atoms with Crippen LogP contribution >= 0.6 is 0 Å². The summed E-state index contributed by atoms with van der Waals surface area (Å²) in [4.78, 5) is 2.43. The van der Waals surface area contributed by atoms with E-state index in [1.165, 1.54) is 30.5 Å². The van der Waals surface area contributed by atoms with Gasteiger partial charge in [-0.2, -0.15) is 0 Å². The maximum atomic E-state index is 3.48. The molecule has 0 amide bonds. The highest BCUT2D eigenvalue weighted by molar-refractivity contribution is 5.48. The molecule has 100 valence electrons. The van der Waals surface area contributed by atoms with Gasteiger partial charge in [-0.05, 0) is 49.4 Å². The summed E-state index contributed by atoms with van der Waals surface area (Å²) < 4.78 is 0. The van der Waals surface area contributed by atoms with E-state index in [0.717, 1.165) is 19.1 Å². The molecule has 0 heterocycles. The lowest BCUT2D eigenvalue weighted by Gasteiger charge is -2.36. The van der Waals surface area contributed by atoms with Gasteiger partial charge in [0.05, 0.1) is 0 Å². The van der Waals surface area contributed by atoms with Gasteiger partial charge in [0, 0.05) is 25.3 Å². The summed E-state index contributed by atoms with van der Waals surface area (Å²) >= 11 is 0. The van der Waals surface area contributed by atoms with Crippen LogP contribution in [0.15, 0.2) is 24.3 Å². The van der Waals surface area contributed by atoms with E-state index in [0.29, 0.717) is 5.92 Å². The van der Waals surface area contributed by atoms with E-state index in [2.05, 4.69) is 55.4 Å². The molecule has 0 aliphatic heterocycles. The van der Waals surface area contributed by atoms with Crippen LogP contribution in [0.1, 0.15) is 38.7 Å². The van der Waals surface area contributed by atoms with Crippen LogP contribution in [0.3, 0.4) is 0 Å². The summed E-state index contributed by atoms with van der Waals surface area (Å²) in [6.45, 7) is 6.54. The van der Waals surface area contributed by atoms with Gasteiger partial charge in [-0.25, -0.2) is 0 Å². The number of nitrogens with zero attached hydrogens (tertiary/aromatic N) is 1. The number of hydrogen-bond acceptors (Lipinski definition) is 2. The number of benzene rings is 1. The molecule has 0 atom stereocenters. The fourth-order valence-corrected chi connectivity index (χ4v) is 2.34. The fourth-order valence-electron chi connectivity index (χ4n) is 2.34. The maximum Gasteiger partial charge on any atom is 0.0366 e. The van der Waals surface area contributed by atoms with Gasteiger partial charge in [-0.3, -0.25) is 0 Å². The van der Waals surface area contributed by atoms with Crippen molar-refractivity contribution in [1.82, 2.24) is 5.32 Å². The summed E-state index contributed by atoms with van der Waals surface area (Å²) in [6, 6.07) is 9.78. The molecule has 0 saturated heterocycles. The summed E-state index contributed by atoms with van der Waals surface area (Å²) in [5, 5.41) is 3.48. The first-order valence-electron chi connectivity index (χ1n) is 7.19. The first-order chi connectivity index (χ1) is 8.66. The second kappa shape index (κ2) is 6.24. The van der Waals surface area contributed by atoms with Gasteiger partial charge < -0.3 is 10.2 Å². The number of nitrogens with one attached hydrogen (secondary N) is 1. The molecule has 0 unspecified atom stereocenters. The Morgan fingerprint density at radius 2 is 1.89 bits per heavy atom. The third-order valence-electron chi connectivity index (χ3n) is 3.85. The zero-order valence-electron chi connectivity index (χ0n) is 11.9. The lowest BCUT2D eigenvalue weighted by atomic mass is 9.91.